The van der Waals surface area contributed by atoms with E-state index in [1.165, 1.54) is 0 Å². The lowest BCUT2D eigenvalue weighted by molar-refractivity contribution is -0.192. The van der Waals surface area contributed by atoms with E-state index >= 15 is 0 Å². The fraction of sp³-hybridized carbons (Fsp3) is 0.316. The van der Waals surface area contributed by atoms with Gasteiger partial charge in [0.15, 0.2) is 0 Å². The predicted molar refractivity (Wildman–Crippen MR) is 103 cm³/mol. The third kappa shape index (κ3) is 5.54. The SMILES string of the molecule is NC1(c2nccc(C(=O)NCCn3ncc4ccccc43)n2)CC1.O=C(O)C(F)(F)F. The molecule has 1 saturated carbocycles. The van der Waals surface area contributed by atoms with Crippen molar-refractivity contribution in [2.75, 3.05) is 6.54 Å². The Morgan fingerprint density at radius 2 is 1.90 bits per heavy atom. The Morgan fingerprint density at radius 3 is 2.55 bits per heavy atom. The Balaban J connectivity index is 0.000000339. The molecule has 0 radical (unpaired) electrons. The van der Waals surface area contributed by atoms with Crippen LogP contribution in [0.4, 0.5) is 13.2 Å². The molecule has 164 valence electrons. The van der Waals surface area contributed by atoms with Gasteiger partial charge in [-0.25, -0.2) is 14.8 Å². The second-order valence-corrected chi connectivity index (χ2v) is 6.91. The number of fused-ring (bicyclic) bond motifs is 1. The molecule has 2 aromatic heterocycles. The van der Waals surface area contributed by atoms with Crippen LogP contribution in [-0.2, 0) is 16.9 Å². The standard InChI is InChI=1S/C17H18N6O.C2HF3O2/c18-17(6-7-17)16-20-8-5-13(22-16)15(24)19-9-10-23-14-4-2-1-3-12(14)11-21-23;3-2(4,5)1(6)7/h1-5,8,11H,6-7,9-10,18H2,(H,19,24);(H,6,7). The smallest absolute Gasteiger partial charge is 0.475 e. The molecule has 0 bridgehead atoms. The summed E-state index contributed by atoms with van der Waals surface area (Å²) in [4.78, 5) is 29.6. The lowest BCUT2D eigenvalue weighted by Crippen LogP contribution is -2.30. The van der Waals surface area contributed by atoms with Gasteiger partial charge in [-0.1, -0.05) is 18.2 Å². The third-order valence-corrected chi connectivity index (χ3v) is 4.52. The maximum absolute atomic E-state index is 12.3. The number of alkyl halides is 3. The molecule has 12 heteroatoms. The van der Waals surface area contributed by atoms with Gasteiger partial charge >= 0.3 is 12.1 Å². The van der Waals surface area contributed by atoms with Gasteiger partial charge < -0.3 is 16.2 Å². The first-order valence-corrected chi connectivity index (χ1v) is 9.21. The lowest BCUT2D eigenvalue weighted by atomic mass is 10.2. The quantitative estimate of drug-likeness (QED) is 0.555. The van der Waals surface area contributed by atoms with Crippen molar-refractivity contribution in [2.45, 2.75) is 31.1 Å². The van der Waals surface area contributed by atoms with E-state index < -0.39 is 17.7 Å². The topological polar surface area (TPSA) is 136 Å². The highest BCUT2D eigenvalue weighted by atomic mass is 19.4. The Morgan fingerprint density at radius 1 is 1.23 bits per heavy atom. The van der Waals surface area contributed by atoms with Crippen LogP contribution in [0.2, 0.25) is 0 Å². The normalized spacial score (nSPS) is 14.5. The minimum Gasteiger partial charge on any atom is -0.475 e. The summed E-state index contributed by atoms with van der Waals surface area (Å²) < 4.78 is 33.6. The molecule has 2 heterocycles. The first-order valence-electron chi connectivity index (χ1n) is 9.21. The molecule has 1 amide bonds. The molecule has 3 aromatic rings. The first kappa shape index (κ1) is 22.2. The molecule has 1 aliphatic carbocycles. The van der Waals surface area contributed by atoms with E-state index in [2.05, 4.69) is 20.4 Å². The zero-order valence-corrected chi connectivity index (χ0v) is 16.1. The number of carbonyl (C=O) groups excluding carboxylic acids is 1. The van der Waals surface area contributed by atoms with Crippen molar-refractivity contribution >= 4 is 22.8 Å². The van der Waals surface area contributed by atoms with Gasteiger partial charge in [-0.15, -0.1) is 0 Å². The Bertz CT molecular complexity index is 1090. The second kappa shape index (κ2) is 8.68. The molecule has 4 rings (SSSR count). The summed E-state index contributed by atoms with van der Waals surface area (Å²) in [5.74, 6) is -2.43. The van der Waals surface area contributed by atoms with Crippen LogP contribution in [0.25, 0.3) is 10.9 Å². The van der Waals surface area contributed by atoms with Crippen LogP contribution in [0.15, 0.2) is 42.7 Å². The van der Waals surface area contributed by atoms with E-state index in [9.17, 15) is 18.0 Å². The van der Waals surface area contributed by atoms with Crippen molar-refractivity contribution in [1.29, 1.82) is 0 Å². The minimum atomic E-state index is -5.08. The largest absolute Gasteiger partial charge is 0.490 e. The lowest BCUT2D eigenvalue weighted by Gasteiger charge is -2.09. The van der Waals surface area contributed by atoms with Gasteiger partial charge in [-0.2, -0.15) is 18.3 Å². The number of aromatic nitrogens is 4. The van der Waals surface area contributed by atoms with Crippen molar-refractivity contribution in [3.8, 4) is 0 Å². The van der Waals surface area contributed by atoms with E-state index in [4.69, 9.17) is 15.6 Å². The number of halogens is 3. The van der Waals surface area contributed by atoms with Crippen LogP contribution in [0, 0.1) is 0 Å². The molecule has 0 spiro atoms. The number of hydrogen-bond acceptors (Lipinski definition) is 6. The number of hydrogen-bond donors (Lipinski definition) is 3. The van der Waals surface area contributed by atoms with E-state index in [1.807, 2.05) is 35.1 Å². The average Bonchev–Trinajstić information content (AvgIpc) is 3.36. The number of nitrogens with zero attached hydrogens (tertiary/aromatic N) is 4. The zero-order valence-electron chi connectivity index (χ0n) is 16.1. The van der Waals surface area contributed by atoms with Gasteiger partial charge in [-0.3, -0.25) is 9.48 Å². The van der Waals surface area contributed by atoms with Gasteiger partial charge in [-0.05, 0) is 25.0 Å². The molecule has 0 aliphatic heterocycles. The van der Waals surface area contributed by atoms with Crippen molar-refractivity contribution in [3.63, 3.8) is 0 Å². The molecule has 0 unspecified atom stereocenters. The average molecular weight is 436 g/mol. The number of para-hydroxylation sites is 1. The zero-order chi connectivity index (χ0) is 22.6. The van der Waals surface area contributed by atoms with Gasteiger partial charge in [0.25, 0.3) is 5.91 Å². The molecule has 9 nitrogen and oxygen atoms in total. The van der Waals surface area contributed by atoms with Crippen molar-refractivity contribution in [1.82, 2.24) is 25.1 Å². The van der Waals surface area contributed by atoms with Crippen LogP contribution < -0.4 is 11.1 Å². The van der Waals surface area contributed by atoms with Crippen LogP contribution in [0.5, 0.6) is 0 Å². The van der Waals surface area contributed by atoms with Crippen LogP contribution in [-0.4, -0.2) is 49.5 Å². The van der Waals surface area contributed by atoms with Crippen molar-refractivity contribution in [2.24, 2.45) is 5.73 Å². The van der Waals surface area contributed by atoms with E-state index in [0.717, 1.165) is 23.7 Å². The first-order chi connectivity index (χ1) is 14.6. The molecule has 0 atom stereocenters. The number of nitrogens with one attached hydrogen (secondary N) is 1. The van der Waals surface area contributed by atoms with Gasteiger partial charge in [0.2, 0.25) is 0 Å². The molecule has 1 aromatic carbocycles. The Labute approximate surface area is 174 Å². The summed E-state index contributed by atoms with van der Waals surface area (Å²) in [6.07, 6.45) is 0.0598. The van der Waals surface area contributed by atoms with Crippen LogP contribution in [0.3, 0.4) is 0 Å². The maximum atomic E-state index is 12.3. The van der Waals surface area contributed by atoms with E-state index in [0.29, 0.717) is 24.6 Å². The molecule has 31 heavy (non-hydrogen) atoms. The van der Waals surface area contributed by atoms with Crippen LogP contribution in [0.1, 0.15) is 29.2 Å². The summed E-state index contributed by atoms with van der Waals surface area (Å²) in [6.45, 7) is 1.07. The molecule has 1 fully saturated rings. The molecular weight excluding hydrogens is 417 g/mol. The molecule has 4 N–H and O–H groups in total. The number of benzene rings is 1. The second-order valence-electron chi connectivity index (χ2n) is 6.91. The van der Waals surface area contributed by atoms with Crippen molar-refractivity contribution in [3.05, 3.63) is 54.2 Å². The number of carbonyl (C=O) groups is 2. The van der Waals surface area contributed by atoms with E-state index in [1.54, 1.807) is 12.3 Å². The molecule has 0 saturated heterocycles. The summed E-state index contributed by atoms with van der Waals surface area (Å²) in [5, 5.41) is 15.4. The predicted octanol–water partition coefficient (Wildman–Crippen LogP) is 1.84. The summed E-state index contributed by atoms with van der Waals surface area (Å²) in [5.41, 5.74) is 7.05. The summed E-state index contributed by atoms with van der Waals surface area (Å²) in [7, 11) is 0. The maximum Gasteiger partial charge on any atom is 0.490 e. The Kier molecular flexibility index (Phi) is 6.20. The number of carboxylic acids is 1. The minimum absolute atomic E-state index is 0.223. The highest BCUT2D eigenvalue weighted by Crippen LogP contribution is 2.40. The fourth-order valence-electron chi connectivity index (χ4n) is 2.65. The third-order valence-electron chi connectivity index (χ3n) is 4.52. The molecular formula is C19H19F3N6O3. The Hall–Kier alpha value is -3.54. The number of nitrogens with two attached hydrogens (primary N) is 1. The van der Waals surface area contributed by atoms with Crippen LogP contribution >= 0.6 is 0 Å². The van der Waals surface area contributed by atoms with Crippen molar-refractivity contribution < 1.29 is 27.9 Å². The number of amides is 1. The van der Waals surface area contributed by atoms with Gasteiger partial charge in [0.05, 0.1) is 23.8 Å². The molecule has 1 aliphatic rings. The highest BCUT2D eigenvalue weighted by Gasteiger charge is 2.43. The van der Waals surface area contributed by atoms with E-state index in [-0.39, 0.29) is 5.91 Å². The summed E-state index contributed by atoms with van der Waals surface area (Å²) in [6, 6.07) is 9.58. The highest BCUT2D eigenvalue weighted by molar-refractivity contribution is 5.92. The van der Waals surface area contributed by atoms with Gasteiger partial charge in [0.1, 0.15) is 11.5 Å². The number of rotatable bonds is 5. The van der Waals surface area contributed by atoms with Gasteiger partial charge in [0, 0.05) is 18.1 Å². The summed E-state index contributed by atoms with van der Waals surface area (Å²) >= 11 is 0. The number of aliphatic carboxylic acids is 1. The fourth-order valence-corrected chi connectivity index (χ4v) is 2.65. The number of carboxylic acid groups (broad SMARTS) is 1. The monoisotopic (exact) mass is 436 g/mol.